The fraction of sp³-hybridized carbons (Fsp3) is 0.400. The SMILES string of the molecule is CN(CCCCCOc1cccc(S(=O)(=O)Nc2ccc(Cl)c3c(Cl)c[nH]c23)c1F)C(=O)OC(C)(C)C. The van der Waals surface area contributed by atoms with Gasteiger partial charge in [0.1, 0.15) is 10.5 Å². The summed E-state index contributed by atoms with van der Waals surface area (Å²) in [5, 5.41) is 1.14. The van der Waals surface area contributed by atoms with Crippen LogP contribution in [0.25, 0.3) is 10.9 Å². The number of sulfonamides is 1. The Morgan fingerprint density at radius 3 is 2.54 bits per heavy atom. The number of hydrogen-bond donors (Lipinski definition) is 2. The minimum absolute atomic E-state index is 0.169. The Hall–Kier alpha value is -2.69. The first kappa shape index (κ1) is 28.9. The summed E-state index contributed by atoms with van der Waals surface area (Å²) in [5.41, 5.74) is -0.00292. The number of aromatic amines is 1. The smallest absolute Gasteiger partial charge is 0.410 e. The van der Waals surface area contributed by atoms with E-state index in [-0.39, 0.29) is 18.0 Å². The zero-order chi connectivity index (χ0) is 27.4. The van der Waals surface area contributed by atoms with Gasteiger partial charge in [0, 0.05) is 25.2 Å². The molecule has 0 aliphatic heterocycles. The van der Waals surface area contributed by atoms with E-state index in [4.69, 9.17) is 32.7 Å². The van der Waals surface area contributed by atoms with Gasteiger partial charge in [-0.15, -0.1) is 0 Å². The molecule has 1 aromatic heterocycles. The molecule has 0 radical (unpaired) electrons. The van der Waals surface area contributed by atoms with Crippen LogP contribution in [0.4, 0.5) is 14.9 Å². The number of amides is 1. The van der Waals surface area contributed by atoms with Crippen LogP contribution < -0.4 is 9.46 Å². The Bertz CT molecular complexity index is 1370. The van der Waals surface area contributed by atoms with Crippen molar-refractivity contribution in [3.8, 4) is 5.75 Å². The van der Waals surface area contributed by atoms with Gasteiger partial charge in [-0.2, -0.15) is 0 Å². The van der Waals surface area contributed by atoms with Gasteiger partial charge >= 0.3 is 6.09 Å². The lowest BCUT2D eigenvalue weighted by Crippen LogP contribution is -2.34. The average Bonchev–Trinajstić information content (AvgIpc) is 3.20. The van der Waals surface area contributed by atoms with Crippen molar-refractivity contribution in [2.75, 3.05) is 24.9 Å². The fourth-order valence-electron chi connectivity index (χ4n) is 3.50. The van der Waals surface area contributed by atoms with Crippen molar-refractivity contribution in [2.45, 2.75) is 50.5 Å². The van der Waals surface area contributed by atoms with Crippen molar-refractivity contribution < 1.29 is 27.1 Å². The monoisotopic (exact) mass is 573 g/mol. The highest BCUT2D eigenvalue weighted by atomic mass is 35.5. The van der Waals surface area contributed by atoms with Crippen LogP contribution in [0, 0.1) is 5.82 Å². The summed E-state index contributed by atoms with van der Waals surface area (Å²) in [6, 6.07) is 6.91. The summed E-state index contributed by atoms with van der Waals surface area (Å²) in [5.74, 6) is -1.16. The number of carbonyl (C=O) groups excluding carboxylic acids is 1. The van der Waals surface area contributed by atoms with Crippen LogP contribution in [0.3, 0.4) is 0 Å². The second-order valence-electron chi connectivity index (χ2n) is 9.47. The van der Waals surface area contributed by atoms with Gasteiger partial charge in [0.15, 0.2) is 11.6 Å². The molecule has 3 aromatic rings. The van der Waals surface area contributed by atoms with Crippen molar-refractivity contribution in [1.82, 2.24) is 9.88 Å². The zero-order valence-corrected chi connectivity index (χ0v) is 23.4. The standard InChI is InChI=1S/C25H30Cl2FN3O5S/c1-25(2,3)36-24(32)31(4)13-6-5-7-14-35-19-9-8-10-20(22(19)28)37(33,34)30-18-12-11-16(26)21-17(27)15-29-23(18)21/h8-12,15,29-30H,5-7,13-14H2,1-4H3. The first-order valence-electron chi connectivity index (χ1n) is 11.6. The van der Waals surface area contributed by atoms with Crippen LogP contribution >= 0.6 is 23.2 Å². The number of rotatable bonds is 10. The maximum atomic E-state index is 15.1. The molecule has 1 amide bonds. The molecule has 2 aromatic carbocycles. The third-order valence-electron chi connectivity index (χ3n) is 5.30. The summed E-state index contributed by atoms with van der Waals surface area (Å²) >= 11 is 12.3. The summed E-state index contributed by atoms with van der Waals surface area (Å²) < 4.78 is 54.3. The average molecular weight is 575 g/mol. The number of carbonyl (C=O) groups is 1. The van der Waals surface area contributed by atoms with Crippen LogP contribution in [-0.2, 0) is 14.8 Å². The van der Waals surface area contributed by atoms with Gasteiger partial charge in [-0.05, 0) is 64.3 Å². The van der Waals surface area contributed by atoms with E-state index in [0.717, 1.165) is 12.5 Å². The van der Waals surface area contributed by atoms with E-state index >= 15 is 4.39 Å². The molecule has 0 aliphatic carbocycles. The Morgan fingerprint density at radius 2 is 1.84 bits per heavy atom. The number of nitrogens with zero attached hydrogens (tertiary/aromatic N) is 1. The number of unbranched alkanes of at least 4 members (excludes halogenated alkanes) is 2. The van der Waals surface area contributed by atoms with Gasteiger partial charge in [0.05, 0.1) is 27.9 Å². The summed E-state index contributed by atoms with van der Waals surface area (Å²) in [6.07, 6.45) is 3.11. The highest BCUT2D eigenvalue weighted by Crippen LogP contribution is 2.36. The number of H-pyrrole nitrogens is 1. The molecule has 0 atom stereocenters. The van der Waals surface area contributed by atoms with Crippen LogP contribution in [0.2, 0.25) is 10.0 Å². The highest BCUT2D eigenvalue weighted by Gasteiger charge is 2.24. The Morgan fingerprint density at radius 1 is 1.11 bits per heavy atom. The van der Waals surface area contributed by atoms with Crippen molar-refractivity contribution in [3.63, 3.8) is 0 Å². The van der Waals surface area contributed by atoms with Gasteiger partial charge in [-0.25, -0.2) is 17.6 Å². The Labute approximate surface area is 226 Å². The summed E-state index contributed by atoms with van der Waals surface area (Å²) in [7, 11) is -2.63. The molecule has 0 saturated carbocycles. The molecule has 0 spiro atoms. The number of nitrogens with one attached hydrogen (secondary N) is 2. The van der Waals surface area contributed by atoms with E-state index in [2.05, 4.69) is 9.71 Å². The largest absolute Gasteiger partial charge is 0.490 e. The van der Waals surface area contributed by atoms with E-state index in [1.165, 1.54) is 35.4 Å². The number of halogens is 3. The lowest BCUT2D eigenvalue weighted by atomic mass is 10.2. The predicted octanol–water partition coefficient (Wildman–Crippen LogP) is 6.83. The van der Waals surface area contributed by atoms with Crippen LogP contribution in [0.1, 0.15) is 40.0 Å². The van der Waals surface area contributed by atoms with E-state index in [0.29, 0.717) is 40.3 Å². The molecule has 37 heavy (non-hydrogen) atoms. The van der Waals surface area contributed by atoms with E-state index < -0.39 is 32.4 Å². The van der Waals surface area contributed by atoms with E-state index in [9.17, 15) is 13.2 Å². The second-order valence-corrected chi connectivity index (χ2v) is 11.9. The number of benzene rings is 2. The molecule has 0 unspecified atom stereocenters. The molecular formula is C25H30Cl2FN3O5S. The van der Waals surface area contributed by atoms with Crippen LogP contribution in [-0.4, -0.2) is 50.2 Å². The maximum Gasteiger partial charge on any atom is 0.410 e. The minimum atomic E-state index is -4.29. The number of aromatic nitrogens is 1. The number of ether oxygens (including phenoxy) is 2. The fourth-order valence-corrected chi connectivity index (χ4v) is 5.23. The van der Waals surface area contributed by atoms with Crippen molar-refractivity contribution in [3.05, 3.63) is 52.4 Å². The van der Waals surface area contributed by atoms with Crippen molar-refractivity contribution in [1.29, 1.82) is 0 Å². The molecule has 12 heteroatoms. The molecule has 202 valence electrons. The molecule has 8 nitrogen and oxygen atoms in total. The van der Waals surface area contributed by atoms with E-state index in [1.54, 1.807) is 27.8 Å². The topological polar surface area (TPSA) is 101 Å². The molecular weight excluding hydrogens is 544 g/mol. The predicted molar refractivity (Wildman–Crippen MR) is 144 cm³/mol. The van der Waals surface area contributed by atoms with Crippen molar-refractivity contribution in [2.24, 2.45) is 0 Å². The molecule has 0 saturated heterocycles. The van der Waals surface area contributed by atoms with Gasteiger partial charge in [-0.3, -0.25) is 4.72 Å². The maximum absolute atomic E-state index is 15.1. The van der Waals surface area contributed by atoms with Crippen LogP contribution in [0.15, 0.2) is 41.4 Å². The molecule has 2 N–H and O–H groups in total. The molecule has 0 fully saturated rings. The molecule has 3 rings (SSSR count). The third kappa shape index (κ3) is 7.43. The summed E-state index contributed by atoms with van der Waals surface area (Å²) in [6.45, 7) is 6.11. The highest BCUT2D eigenvalue weighted by molar-refractivity contribution is 7.92. The molecule has 0 bridgehead atoms. The Balaban J connectivity index is 1.58. The van der Waals surface area contributed by atoms with Gasteiger partial charge < -0.3 is 19.4 Å². The number of anilines is 1. The normalized spacial score (nSPS) is 12.0. The first-order chi connectivity index (χ1) is 17.3. The van der Waals surface area contributed by atoms with E-state index in [1.807, 2.05) is 0 Å². The third-order valence-corrected chi connectivity index (χ3v) is 7.29. The first-order valence-corrected chi connectivity index (χ1v) is 13.9. The molecule has 1 heterocycles. The summed E-state index contributed by atoms with van der Waals surface area (Å²) in [4.78, 5) is 15.8. The number of fused-ring (bicyclic) bond motifs is 1. The quantitative estimate of drug-likeness (QED) is 0.259. The van der Waals surface area contributed by atoms with Crippen LogP contribution in [0.5, 0.6) is 5.75 Å². The Kier molecular flexibility index (Phi) is 9.20. The van der Waals surface area contributed by atoms with Crippen molar-refractivity contribution >= 4 is 55.9 Å². The zero-order valence-electron chi connectivity index (χ0n) is 21.0. The number of hydrogen-bond acceptors (Lipinski definition) is 5. The second kappa shape index (κ2) is 11.8. The van der Waals surface area contributed by atoms with Gasteiger partial charge in [0.2, 0.25) is 0 Å². The minimum Gasteiger partial charge on any atom is -0.490 e. The van der Waals surface area contributed by atoms with Gasteiger partial charge in [-0.1, -0.05) is 29.3 Å². The lowest BCUT2D eigenvalue weighted by Gasteiger charge is -2.24. The lowest BCUT2D eigenvalue weighted by molar-refractivity contribution is 0.0296. The van der Waals surface area contributed by atoms with Gasteiger partial charge in [0.25, 0.3) is 10.0 Å². The molecule has 0 aliphatic rings.